The number of ether oxygens (including phenoxy) is 1. The van der Waals surface area contributed by atoms with Crippen molar-refractivity contribution in [3.05, 3.63) is 53.6 Å². The molecule has 0 fully saturated rings. The number of methoxy groups -OCH3 is 1. The third-order valence-electron chi connectivity index (χ3n) is 3.98. The Labute approximate surface area is 177 Å². The van der Waals surface area contributed by atoms with E-state index in [0.717, 1.165) is 0 Å². The standard InChI is InChI=1S/C21H27N3O5S/c1-13(2)22-20(25)16-8-6-7-9-18(16)24-30(27,28)15-10-11-19(29-5)17(12-15)21(26)23-14(3)4/h6-14,24H,1-5H3,(H,22,25)(H,23,26). The maximum atomic E-state index is 13.0. The maximum Gasteiger partial charge on any atom is 0.261 e. The fourth-order valence-corrected chi connectivity index (χ4v) is 3.79. The van der Waals surface area contributed by atoms with Crippen LogP contribution >= 0.6 is 0 Å². The van der Waals surface area contributed by atoms with Gasteiger partial charge in [-0.15, -0.1) is 0 Å². The number of rotatable bonds is 8. The summed E-state index contributed by atoms with van der Waals surface area (Å²) in [4.78, 5) is 24.7. The Bertz CT molecular complexity index is 1030. The van der Waals surface area contributed by atoms with Crippen LogP contribution in [0, 0.1) is 0 Å². The van der Waals surface area contributed by atoms with Gasteiger partial charge in [0.2, 0.25) is 0 Å². The highest BCUT2D eigenvalue weighted by Gasteiger charge is 2.22. The average Bonchev–Trinajstić information content (AvgIpc) is 2.66. The molecule has 0 saturated heterocycles. The van der Waals surface area contributed by atoms with Crippen molar-refractivity contribution < 1.29 is 22.7 Å². The van der Waals surface area contributed by atoms with Crippen LogP contribution in [0.2, 0.25) is 0 Å². The summed E-state index contributed by atoms with van der Waals surface area (Å²) < 4.78 is 33.6. The first kappa shape index (κ1) is 23.2. The van der Waals surface area contributed by atoms with Crippen LogP contribution in [-0.2, 0) is 10.0 Å². The lowest BCUT2D eigenvalue weighted by Gasteiger charge is -2.16. The summed E-state index contributed by atoms with van der Waals surface area (Å²) in [5.74, 6) is -0.588. The molecule has 2 rings (SSSR count). The molecule has 0 radical (unpaired) electrons. The molecule has 162 valence electrons. The van der Waals surface area contributed by atoms with Crippen LogP contribution < -0.4 is 20.1 Å². The van der Waals surface area contributed by atoms with Crippen LogP contribution in [0.15, 0.2) is 47.4 Å². The fraction of sp³-hybridized carbons (Fsp3) is 0.333. The van der Waals surface area contributed by atoms with Gasteiger partial charge in [0.05, 0.1) is 28.8 Å². The van der Waals surface area contributed by atoms with Crippen molar-refractivity contribution in [1.82, 2.24) is 10.6 Å². The molecule has 3 N–H and O–H groups in total. The molecule has 0 unspecified atom stereocenters. The molecule has 0 atom stereocenters. The largest absolute Gasteiger partial charge is 0.496 e. The fourth-order valence-electron chi connectivity index (χ4n) is 2.69. The van der Waals surface area contributed by atoms with Gasteiger partial charge in [0, 0.05) is 12.1 Å². The van der Waals surface area contributed by atoms with E-state index in [0.29, 0.717) is 0 Å². The molecular formula is C21H27N3O5S. The number of para-hydroxylation sites is 1. The first-order chi connectivity index (χ1) is 14.0. The van der Waals surface area contributed by atoms with E-state index in [1.54, 1.807) is 26.0 Å². The average molecular weight is 434 g/mol. The quantitative estimate of drug-likeness (QED) is 0.592. The molecule has 9 heteroatoms. The van der Waals surface area contributed by atoms with Crippen molar-refractivity contribution in [2.45, 2.75) is 44.7 Å². The number of hydrogen-bond donors (Lipinski definition) is 3. The molecule has 0 aromatic heterocycles. The summed E-state index contributed by atoms with van der Waals surface area (Å²) >= 11 is 0. The smallest absolute Gasteiger partial charge is 0.261 e. The summed E-state index contributed by atoms with van der Waals surface area (Å²) in [6, 6.07) is 10.1. The third kappa shape index (κ3) is 5.73. The minimum atomic E-state index is -4.07. The lowest BCUT2D eigenvalue weighted by Crippen LogP contribution is -2.31. The van der Waals surface area contributed by atoms with Crippen LogP contribution in [0.4, 0.5) is 5.69 Å². The van der Waals surface area contributed by atoms with E-state index in [1.807, 2.05) is 13.8 Å². The summed E-state index contributed by atoms with van der Waals surface area (Å²) in [5.41, 5.74) is 0.431. The number of nitrogens with one attached hydrogen (secondary N) is 3. The van der Waals surface area contributed by atoms with Crippen molar-refractivity contribution >= 4 is 27.5 Å². The van der Waals surface area contributed by atoms with E-state index in [4.69, 9.17) is 4.74 Å². The van der Waals surface area contributed by atoms with Gasteiger partial charge in [-0.3, -0.25) is 14.3 Å². The van der Waals surface area contributed by atoms with Gasteiger partial charge in [0.15, 0.2) is 0 Å². The van der Waals surface area contributed by atoms with E-state index < -0.39 is 21.8 Å². The molecule has 0 saturated carbocycles. The number of amides is 2. The molecule has 2 aromatic carbocycles. The van der Waals surface area contributed by atoms with Crippen LogP contribution in [0.3, 0.4) is 0 Å². The van der Waals surface area contributed by atoms with Gasteiger partial charge in [-0.05, 0) is 58.0 Å². The molecule has 0 bridgehead atoms. The zero-order valence-corrected chi connectivity index (χ0v) is 18.5. The van der Waals surface area contributed by atoms with Crippen LogP contribution in [-0.4, -0.2) is 39.4 Å². The van der Waals surface area contributed by atoms with Gasteiger partial charge in [0.1, 0.15) is 5.75 Å². The summed E-state index contributed by atoms with van der Waals surface area (Å²) in [6.45, 7) is 7.22. The molecule has 2 aromatic rings. The number of hydrogen-bond acceptors (Lipinski definition) is 5. The van der Waals surface area contributed by atoms with E-state index in [-0.39, 0.29) is 39.5 Å². The number of anilines is 1. The van der Waals surface area contributed by atoms with Gasteiger partial charge in [-0.25, -0.2) is 8.42 Å². The Morgan fingerprint density at radius 3 is 2.00 bits per heavy atom. The predicted molar refractivity (Wildman–Crippen MR) is 115 cm³/mol. The molecular weight excluding hydrogens is 406 g/mol. The molecule has 0 spiro atoms. The monoisotopic (exact) mass is 433 g/mol. The van der Waals surface area contributed by atoms with Crippen LogP contribution in [0.5, 0.6) is 5.75 Å². The lowest BCUT2D eigenvalue weighted by molar-refractivity contribution is 0.0933. The summed E-state index contributed by atoms with van der Waals surface area (Å²) in [5, 5.41) is 5.46. The second-order valence-corrected chi connectivity index (χ2v) is 8.95. The maximum absolute atomic E-state index is 13.0. The van der Waals surface area contributed by atoms with Gasteiger partial charge in [-0.1, -0.05) is 12.1 Å². The lowest BCUT2D eigenvalue weighted by atomic mass is 10.1. The first-order valence-corrected chi connectivity index (χ1v) is 10.9. The molecule has 0 aliphatic carbocycles. The van der Waals surface area contributed by atoms with Crippen LogP contribution in [0.25, 0.3) is 0 Å². The van der Waals surface area contributed by atoms with E-state index in [2.05, 4.69) is 15.4 Å². The number of benzene rings is 2. The topological polar surface area (TPSA) is 114 Å². The van der Waals surface area contributed by atoms with Gasteiger partial charge >= 0.3 is 0 Å². The number of carbonyl (C=O) groups is 2. The molecule has 0 aliphatic heterocycles. The Hall–Kier alpha value is -3.07. The van der Waals surface area contributed by atoms with Crippen molar-refractivity contribution in [3.63, 3.8) is 0 Å². The predicted octanol–water partition coefficient (Wildman–Crippen LogP) is 2.77. The molecule has 8 nitrogen and oxygen atoms in total. The SMILES string of the molecule is COc1ccc(S(=O)(=O)Nc2ccccc2C(=O)NC(C)C)cc1C(=O)NC(C)C. The Morgan fingerprint density at radius 2 is 1.43 bits per heavy atom. The Morgan fingerprint density at radius 1 is 0.867 bits per heavy atom. The summed E-state index contributed by atoms with van der Waals surface area (Å²) in [6.07, 6.45) is 0. The Balaban J connectivity index is 2.42. The molecule has 0 heterocycles. The van der Waals surface area contributed by atoms with Crippen molar-refractivity contribution in [3.8, 4) is 5.75 Å². The normalized spacial score (nSPS) is 11.3. The molecule has 30 heavy (non-hydrogen) atoms. The first-order valence-electron chi connectivity index (χ1n) is 9.46. The minimum Gasteiger partial charge on any atom is -0.496 e. The Kier molecular flexibility index (Phi) is 7.44. The zero-order chi connectivity index (χ0) is 22.5. The van der Waals surface area contributed by atoms with Crippen LogP contribution in [0.1, 0.15) is 48.4 Å². The van der Waals surface area contributed by atoms with Gasteiger partial charge in [-0.2, -0.15) is 0 Å². The van der Waals surface area contributed by atoms with Crippen molar-refractivity contribution in [2.24, 2.45) is 0 Å². The molecule has 0 aliphatic rings. The third-order valence-corrected chi connectivity index (χ3v) is 5.34. The second-order valence-electron chi connectivity index (χ2n) is 7.27. The second kappa shape index (κ2) is 9.62. The zero-order valence-electron chi connectivity index (χ0n) is 17.6. The highest BCUT2D eigenvalue weighted by atomic mass is 32.2. The van der Waals surface area contributed by atoms with E-state index in [9.17, 15) is 18.0 Å². The highest BCUT2D eigenvalue weighted by Crippen LogP contribution is 2.25. The molecule has 2 amide bonds. The van der Waals surface area contributed by atoms with E-state index >= 15 is 0 Å². The van der Waals surface area contributed by atoms with E-state index in [1.165, 1.54) is 37.4 Å². The van der Waals surface area contributed by atoms with Crippen molar-refractivity contribution in [1.29, 1.82) is 0 Å². The summed E-state index contributed by atoms with van der Waals surface area (Å²) in [7, 11) is -2.67. The van der Waals surface area contributed by atoms with Gasteiger partial charge < -0.3 is 15.4 Å². The van der Waals surface area contributed by atoms with Crippen molar-refractivity contribution in [2.75, 3.05) is 11.8 Å². The minimum absolute atomic E-state index is 0.0971. The number of carbonyl (C=O) groups excluding carboxylic acids is 2. The number of sulfonamides is 1. The van der Waals surface area contributed by atoms with Gasteiger partial charge in [0.25, 0.3) is 21.8 Å². The highest BCUT2D eigenvalue weighted by molar-refractivity contribution is 7.92.